The van der Waals surface area contributed by atoms with Gasteiger partial charge in [0.25, 0.3) is 5.91 Å². The largest absolute Gasteiger partial charge is 0.481 e. The van der Waals surface area contributed by atoms with Gasteiger partial charge < -0.3 is 15.4 Å². The smallest absolute Gasteiger partial charge is 0.257 e. The maximum absolute atomic E-state index is 13.3. The van der Waals surface area contributed by atoms with Crippen LogP contribution in [-0.2, 0) is 0 Å². The summed E-state index contributed by atoms with van der Waals surface area (Å²) in [5.74, 6) is -0.150. The highest BCUT2D eigenvalue weighted by Gasteiger charge is 2.14. The normalized spacial score (nSPS) is 10.4. The van der Waals surface area contributed by atoms with Gasteiger partial charge in [0.1, 0.15) is 5.82 Å². The predicted molar refractivity (Wildman–Crippen MR) is 102 cm³/mol. The van der Waals surface area contributed by atoms with Crippen LogP contribution in [0.5, 0.6) is 5.88 Å². The Hall–Kier alpha value is -3.48. The zero-order valence-corrected chi connectivity index (χ0v) is 15.2. The summed E-state index contributed by atoms with van der Waals surface area (Å²) in [4.78, 5) is 21.1. The monoisotopic (exact) mass is 366 g/mol. The van der Waals surface area contributed by atoms with Crippen LogP contribution < -0.4 is 15.4 Å². The van der Waals surface area contributed by atoms with E-state index in [0.717, 1.165) is 5.56 Å². The number of benzene rings is 1. The lowest BCUT2D eigenvalue weighted by Gasteiger charge is -2.14. The Labute approximate surface area is 156 Å². The van der Waals surface area contributed by atoms with Gasteiger partial charge in [-0.05, 0) is 49.7 Å². The number of halogens is 1. The van der Waals surface area contributed by atoms with E-state index < -0.39 is 0 Å². The summed E-state index contributed by atoms with van der Waals surface area (Å²) >= 11 is 0. The van der Waals surface area contributed by atoms with Crippen molar-refractivity contribution in [2.24, 2.45) is 0 Å². The average molecular weight is 366 g/mol. The molecule has 1 amide bonds. The first kappa shape index (κ1) is 18.3. The number of aryl methyl sites for hydroxylation is 2. The summed E-state index contributed by atoms with van der Waals surface area (Å²) < 4.78 is 18.4. The molecule has 0 aliphatic rings. The van der Waals surface area contributed by atoms with Gasteiger partial charge in [0, 0.05) is 18.0 Å². The van der Waals surface area contributed by atoms with Crippen LogP contribution in [0.25, 0.3) is 0 Å². The minimum absolute atomic E-state index is 0.310. The Morgan fingerprint density at radius 2 is 1.85 bits per heavy atom. The van der Waals surface area contributed by atoms with Gasteiger partial charge in [0.15, 0.2) is 0 Å². The molecule has 0 atom stereocenters. The fraction of sp³-hybridized carbons (Fsp3) is 0.150. The highest BCUT2D eigenvalue weighted by molar-refractivity contribution is 6.08. The van der Waals surface area contributed by atoms with Crippen LogP contribution in [0.1, 0.15) is 21.6 Å². The van der Waals surface area contributed by atoms with Crippen molar-refractivity contribution in [2.75, 3.05) is 17.7 Å². The van der Waals surface area contributed by atoms with E-state index in [1.807, 2.05) is 0 Å². The summed E-state index contributed by atoms with van der Waals surface area (Å²) in [5, 5.41) is 5.98. The van der Waals surface area contributed by atoms with Crippen molar-refractivity contribution in [3.63, 3.8) is 0 Å². The van der Waals surface area contributed by atoms with Gasteiger partial charge in [-0.1, -0.05) is 0 Å². The number of hydrogen-bond donors (Lipinski definition) is 2. The van der Waals surface area contributed by atoms with Gasteiger partial charge in [0.2, 0.25) is 5.88 Å². The van der Waals surface area contributed by atoms with Gasteiger partial charge in [-0.3, -0.25) is 9.78 Å². The molecule has 0 radical (unpaired) electrons. The minimum Gasteiger partial charge on any atom is -0.481 e. The number of methoxy groups -OCH3 is 1. The molecule has 0 aliphatic carbocycles. The predicted octanol–water partition coefficient (Wildman–Crippen LogP) is 4.24. The molecule has 6 nitrogen and oxygen atoms in total. The van der Waals surface area contributed by atoms with Gasteiger partial charge in [-0.2, -0.15) is 0 Å². The molecular weight excluding hydrogens is 347 g/mol. The van der Waals surface area contributed by atoms with Crippen molar-refractivity contribution in [1.29, 1.82) is 0 Å². The Bertz CT molecular complexity index is 991. The van der Waals surface area contributed by atoms with Crippen LogP contribution in [-0.4, -0.2) is 23.0 Å². The first-order chi connectivity index (χ1) is 13.0. The second kappa shape index (κ2) is 7.82. The van der Waals surface area contributed by atoms with E-state index in [9.17, 15) is 9.18 Å². The lowest BCUT2D eigenvalue weighted by molar-refractivity contribution is 0.102. The second-order valence-electron chi connectivity index (χ2n) is 5.95. The van der Waals surface area contributed by atoms with Gasteiger partial charge in [-0.15, -0.1) is 0 Å². The number of anilines is 3. The van der Waals surface area contributed by atoms with Crippen molar-refractivity contribution in [1.82, 2.24) is 9.97 Å². The number of aromatic nitrogens is 2. The highest BCUT2D eigenvalue weighted by Crippen LogP contribution is 2.25. The first-order valence-electron chi connectivity index (χ1n) is 8.28. The SMILES string of the molecule is COc1ccc(NC(=O)c2ccncc2Nc2ccc(F)cc2C)c(C)n1. The van der Waals surface area contributed by atoms with Gasteiger partial charge in [-0.25, -0.2) is 9.37 Å². The third kappa shape index (κ3) is 4.20. The Kier molecular flexibility index (Phi) is 5.30. The van der Waals surface area contributed by atoms with E-state index in [1.165, 1.54) is 25.4 Å². The molecule has 0 aliphatic heterocycles. The molecule has 2 N–H and O–H groups in total. The molecule has 7 heteroatoms. The third-order valence-corrected chi connectivity index (χ3v) is 4.04. The van der Waals surface area contributed by atoms with E-state index in [2.05, 4.69) is 20.6 Å². The zero-order chi connectivity index (χ0) is 19.4. The number of rotatable bonds is 5. The molecule has 0 fully saturated rings. The number of nitrogens with one attached hydrogen (secondary N) is 2. The van der Waals surface area contributed by atoms with Crippen molar-refractivity contribution < 1.29 is 13.9 Å². The minimum atomic E-state index is -0.315. The summed E-state index contributed by atoms with van der Waals surface area (Å²) in [6.07, 6.45) is 3.09. The maximum atomic E-state index is 13.3. The molecule has 0 bridgehead atoms. The van der Waals surface area contributed by atoms with E-state index in [4.69, 9.17) is 4.74 Å². The number of ether oxygens (including phenoxy) is 1. The summed E-state index contributed by atoms with van der Waals surface area (Å²) in [7, 11) is 1.53. The van der Waals surface area contributed by atoms with Crippen LogP contribution >= 0.6 is 0 Å². The Morgan fingerprint density at radius 1 is 1.07 bits per heavy atom. The quantitative estimate of drug-likeness (QED) is 0.706. The highest BCUT2D eigenvalue weighted by atomic mass is 19.1. The fourth-order valence-corrected chi connectivity index (χ4v) is 2.58. The number of hydrogen-bond acceptors (Lipinski definition) is 5. The molecule has 0 spiro atoms. The number of pyridine rings is 2. The van der Waals surface area contributed by atoms with Crippen LogP contribution in [0.4, 0.5) is 21.5 Å². The van der Waals surface area contributed by atoms with Crippen molar-refractivity contribution in [2.45, 2.75) is 13.8 Å². The zero-order valence-electron chi connectivity index (χ0n) is 15.2. The summed E-state index contributed by atoms with van der Waals surface area (Å²) in [5.41, 5.74) is 3.57. The molecule has 1 aromatic carbocycles. The van der Waals surface area contributed by atoms with Crippen LogP contribution in [0.3, 0.4) is 0 Å². The van der Waals surface area contributed by atoms with Crippen molar-refractivity contribution in [3.05, 3.63) is 71.4 Å². The maximum Gasteiger partial charge on any atom is 0.257 e. The molecule has 3 rings (SSSR count). The summed E-state index contributed by atoms with van der Waals surface area (Å²) in [6, 6.07) is 9.43. The summed E-state index contributed by atoms with van der Waals surface area (Å²) in [6.45, 7) is 3.57. The molecule has 2 aromatic heterocycles. The lowest BCUT2D eigenvalue weighted by Crippen LogP contribution is -2.15. The first-order valence-corrected chi connectivity index (χ1v) is 8.28. The van der Waals surface area contributed by atoms with Crippen LogP contribution in [0.15, 0.2) is 48.8 Å². The van der Waals surface area contributed by atoms with Crippen molar-refractivity contribution in [3.8, 4) is 5.88 Å². The molecule has 2 heterocycles. The van der Waals surface area contributed by atoms with Gasteiger partial charge >= 0.3 is 0 Å². The van der Waals surface area contributed by atoms with Crippen LogP contribution in [0, 0.1) is 19.7 Å². The molecule has 27 heavy (non-hydrogen) atoms. The van der Waals surface area contributed by atoms with Gasteiger partial charge in [0.05, 0.1) is 35.9 Å². The third-order valence-electron chi connectivity index (χ3n) is 4.04. The van der Waals surface area contributed by atoms with E-state index in [0.29, 0.717) is 34.2 Å². The number of carbonyl (C=O) groups excluding carboxylic acids is 1. The standard InChI is InChI=1S/C20H19FN4O2/c1-12-10-14(21)4-5-16(12)24-18-11-22-9-8-15(18)20(26)25-17-6-7-19(27-3)23-13(17)2/h4-11,24H,1-3H3,(H,25,26). The van der Waals surface area contributed by atoms with E-state index >= 15 is 0 Å². The molecule has 3 aromatic rings. The Morgan fingerprint density at radius 3 is 2.56 bits per heavy atom. The topological polar surface area (TPSA) is 76.1 Å². The molecule has 0 unspecified atom stereocenters. The van der Waals surface area contributed by atoms with Crippen molar-refractivity contribution >= 4 is 23.0 Å². The molecule has 0 saturated heterocycles. The second-order valence-corrected chi connectivity index (χ2v) is 5.95. The van der Waals surface area contributed by atoms with E-state index in [1.54, 1.807) is 44.3 Å². The molecule has 138 valence electrons. The van der Waals surface area contributed by atoms with Crippen LogP contribution in [0.2, 0.25) is 0 Å². The average Bonchev–Trinajstić information content (AvgIpc) is 2.66. The molecular formula is C20H19FN4O2. The van der Waals surface area contributed by atoms with E-state index in [-0.39, 0.29) is 11.7 Å². The number of amides is 1. The number of nitrogens with zero attached hydrogens (tertiary/aromatic N) is 2. The fourth-order valence-electron chi connectivity index (χ4n) is 2.58. The lowest BCUT2D eigenvalue weighted by atomic mass is 10.1. The number of carbonyl (C=O) groups is 1. The molecule has 0 saturated carbocycles. The Balaban J connectivity index is 1.85.